The summed E-state index contributed by atoms with van der Waals surface area (Å²) in [5.41, 5.74) is 5.25. The Bertz CT molecular complexity index is 143. The first-order valence-electron chi connectivity index (χ1n) is 2.75. The Morgan fingerprint density at radius 2 is 2.40 bits per heavy atom. The van der Waals surface area contributed by atoms with Crippen LogP contribution < -0.4 is 5.73 Å². The minimum atomic E-state index is -0.833. The molecule has 0 unspecified atom stereocenters. The van der Waals surface area contributed by atoms with Gasteiger partial charge in [0.25, 0.3) is 5.97 Å². The zero-order chi connectivity index (χ0) is 7.98. The molecule has 1 aliphatic rings. The van der Waals surface area contributed by atoms with Gasteiger partial charge < -0.3 is 10.8 Å². The van der Waals surface area contributed by atoms with Crippen molar-refractivity contribution in [3.8, 4) is 0 Å². The van der Waals surface area contributed by atoms with E-state index in [2.05, 4.69) is 4.99 Å². The van der Waals surface area contributed by atoms with Crippen molar-refractivity contribution in [2.24, 2.45) is 10.7 Å². The minimum absolute atomic E-state index is 0.745. The molecule has 3 N–H and O–H groups in total. The maximum Gasteiger partial charge on any atom is 0.300 e. The summed E-state index contributed by atoms with van der Waals surface area (Å²) in [7, 11) is 0. The minimum Gasteiger partial charge on any atom is -0.481 e. The summed E-state index contributed by atoms with van der Waals surface area (Å²) in [6.45, 7) is 2.00. The Kier molecular flexibility index (Phi) is 4.74. The molecular formula is C5H10N2O2S. The molecule has 0 aromatic heterocycles. The van der Waals surface area contributed by atoms with Gasteiger partial charge in [-0.25, -0.2) is 0 Å². The van der Waals surface area contributed by atoms with Crippen LogP contribution in [-0.4, -0.2) is 28.5 Å². The number of nitrogens with two attached hydrogens (primary N) is 1. The summed E-state index contributed by atoms with van der Waals surface area (Å²) >= 11 is 1.62. The Morgan fingerprint density at radius 3 is 2.50 bits per heavy atom. The number of carboxylic acids is 1. The Morgan fingerprint density at radius 1 is 1.90 bits per heavy atom. The molecule has 0 bridgehead atoms. The number of aliphatic imine (C=N–C) groups is 1. The highest BCUT2D eigenvalue weighted by molar-refractivity contribution is 8.14. The first kappa shape index (κ1) is 9.29. The van der Waals surface area contributed by atoms with Crippen LogP contribution in [0.1, 0.15) is 6.92 Å². The van der Waals surface area contributed by atoms with Crippen LogP contribution in [-0.2, 0) is 4.79 Å². The molecule has 0 aromatic rings. The molecule has 0 amide bonds. The molecule has 1 aliphatic heterocycles. The topological polar surface area (TPSA) is 75.7 Å². The summed E-state index contributed by atoms with van der Waals surface area (Å²) in [6, 6.07) is 0. The lowest BCUT2D eigenvalue weighted by Crippen LogP contribution is -2.00. The molecule has 5 heteroatoms. The van der Waals surface area contributed by atoms with E-state index in [4.69, 9.17) is 15.6 Å². The normalized spacial score (nSPS) is 15.1. The highest BCUT2D eigenvalue weighted by Gasteiger charge is 1.98. The van der Waals surface area contributed by atoms with E-state index < -0.39 is 5.97 Å². The molecule has 0 saturated heterocycles. The molecule has 1 rings (SSSR count). The molecule has 0 saturated carbocycles. The zero-order valence-corrected chi connectivity index (χ0v) is 6.52. The fourth-order valence-corrected chi connectivity index (χ4v) is 0.926. The molecule has 0 spiro atoms. The predicted molar refractivity (Wildman–Crippen MR) is 42.3 cm³/mol. The van der Waals surface area contributed by atoms with E-state index in [1.807, 2.05) is 0 Å². The number of amidine groups is 1. The van der Waals surface area contributed by atoms with Gasteiger partial charge in [-0.3, -0.25) is 9.79 Å². The number of hydrogen-bond donors (Lipinski definition) is 2. The third-order valence-electron chi connectivity index (χ3n) is 0.609. The molecule has 0 radical (unpaired) electrons. The van der Waals surface area contributed by atoms with Crippen molar-refractivity contribution in [3.63, 3.8) is 0 Å². The van der Waals surface area contributed by atoms with Gasteiger partial charge in [-0.05, 0) is 0 Å². The maximum atomic E-state index is 9.00. The van der Waals surface area contributed by atoms with Crippen LogP contribution in [0.5, 0.6) is 0 Å². The van der Waals surface area contributed by atoms with Gasteiger partial charge in [0.15, 0.2) is 5.17 Å². The number of carboxylic acid groups (broad SMARTS) is 1. The highest BCUT2D eigenvalue weighted by atomic mass is 32.2. The van der Waals surface area contributed by atoms with Crippen molar-refractivity contribution in [2.45, 2.75) is 6.92 Å². The van der Waals surface area contributed by atoms with E-state index in [9.17, 15) is 0 Å². The van der Waals surface area contributed by atoms with Crippen LogP contribution in [0.25, 0.3) is 0 Å². The van der Waals surface area contributed by atoms with Gasteiger partial charge in [-0.2, -0.15) is 0 Å². The molecule has 0 fully saturated rings. The van der Waals surface area contributed by atoms with Crippen LogP contribution in [0.15, 0.2) is 4.99 Å². The van der Waals surface area contributed by atoms with E-state index in [1.54, 1.807) is 11.8 Å². The molecule has 0 aliphatic carbocycles. The summed E-state index contributed by atoms with van der Waals surface area (Å²) in [5.74, 6) is 0.242. The van der Waals surface area contributed by atoms with Crippen molar-refractivity contribution in [1.29, 1.82) is 0 Å². The smallest absolute Gasteiger partial charge is 0.300 e. The second kappa shape index (κ2) is 5.10. The number of thioether (sulfide) groups is 1. The number of carbonyl (C=O) groups is 1. The monoisotopic (exact) mass is 162 g/mol. The summed E-state index contributed by atoms with van der Waals surface area (Å²) < 4.78 is 0. The van der Waals surface area contributed by atoms with Gasteiger partial charge in [0.1, 0.15) is 0 Å². The summed E-state index contributed by atoms with van der Waals surface area (Å²) in [4.78, 5) is 12.9. The number of aliphatic carboxylic acids is 1. The van der Waals surface area contributed by atoms with Gasteiger partial charge in [0.2, 0.25) is 0 Å². The zero-order valence-electron chi connectivity index (χ0n) is 5.70. The molecule has 0 atom stereocenters. The van der Waals surface area contributed by atoms with E-state index in [0.29, 0.717) is 0 Å². The van der Waals surface area contributed by atoms with Gasteiger partial charge in [-0.1, -0.05) is 11.8 Å². The quantitative estimate of drug-likeness (QED) is 0.531. The van der Waals surface area contributed by atoms with Crippen molar-refractivity contribution < 1.29 is 9.90 Å². The first-order valence-corrected chi connectivity index (χ1v) is 3.73. The fraction of sp³-hybridized carbons (Fsp3) is 0.600. The molecule has 10 heavy (non-hydrogen) atoms. The van der Waals surface area contributed by atoms with Gasteiger partial charge in [0.05, 0.1) is 6.54 Å². The second-order valence-corrected chi connectivity index (χ2v) is 2.70. The number of nitrogens with zero attached hydrogens (tertiary/aromatic N) is 1. The summed E-state index contributed by atoms with van der Waals surface area (Å²) in [5, 5.41) is 8.16. The maximum absolute atomic E-state index is 9.00. The third-order valence-corrected chi connectivity index (χ3v) is 1.42. The second-order valence-electron chi connectivity index (χ2n) is 1.59. The Balaban J connectivity index is 0.000000180. The average molecular weight is 162 g/mol. The number of rotatable bonds is 0. The molecule has 58 valence electrons. The number of hydrogen-bond acceptors (Lipinski definition) is 4. The molecule has 0 aromatic carbocycles. The van der Waals surface area contributed by atoms with Crippen LogP contribution in [0.2, 0.25) is 0 Å². The lowest BCUT2D eigenvalue weighted by atomic mass is 10.8. The Labute approximate surface area is 63.5 Å². The molecular weight excluding hydrogens is 152 g/mol. The van der Waals surface area contributed by atoms with Gasteiger partial charge in [0, 0.05) is 12.7 Å². The van der Waals surface area contributed by atoms with Crippen molar-refractivity contribution in [2.75, 3.05) is 12.3 Å². The predicted octanol–water partition coefficient (Wildman–Crippen LogP) is 0.139. The van der Waals surface area contributed by atoms with Crippen molar-refractivity contribution >= 4 is 22.9 Å². The average Bonchev–Trinajstić information content (AvgIpc) is 2.15. The van der Waals surface area contributed by atoms with Crippen LogP contribution in [0.4, 0.5) is 0 Å². The highest BCUT2D eigenvalue weighted by Crippen LogP contribution is 2.05. The van der Waals surface area contributed by atoms with E-state index in [-0.39, 0.29) is 0 Å². The SMILES string of the molecule is CC(=O)O.NC1=NCCS1. The largest absolute Gasteiger partial charge is 0.481 e. The Hall–Kier alpha value is -0.710. The van der Waals surface area contributed by atoms with Gasteiger partial charge in [-0.15, -0.1) is 0 Å². The van der Waals surface area contributed by atoms with Crippen LogP contribution >= 0.6 is 11.8 Å². The fourth-order valence-electron chi connectivity index (χ4n) is 0.352. The van der Waals surface area contributed by atoms with E-state index >= 15 is 0 Å². The molecule has 1 heterocycles. The summed E-state index contributed by atoms with van der Waals surface area (Å²) in [6.07, 6.45) is 0. The van der Waals surface area contributed by atoms with E-state index in [0.717, 1.165) is 24.4 Å². The first-order chi connectivity index (χ1) is 4.63. The standard InChI is InChI=1S/C3H6N2S.C2H4O2/c4-3-5-1-2-6-3;1-2(3)4/h1-2H2,(H2,4,5);1H3,(H,3,4). The van der Waals surface area contributed by atoms with Gasteiger partial charge >= 0.3 is 0 Å². The third kappa shape index (κ3) is 7.29. The van der Waals surface area contributed by atoms with Crippen molar-refractivity contribution in [3.05, 3.63) is 0 Å². The lowest BCUT2D eigenvalue weighted by molar-refractivity contribution is -0.134. The van der Waals surface area contributed by atoms with E-state index in [1.165, 1.54) is 0 Å². The van der Waals surface area contributed by atoms with Crippen molar-refractivity contribution in [1.82, 2.24) is 0 Å². The van der Waals surface area contributed by atoms with Crippen LogP contribution in [0.3, 0.4) is 0 Å². The molecule has 4 nitrogen and oxygen atoms in total. The van der Waals surface area contributed by atoms with Crippen LogP contribution in [0, 0.1) is 0 Å². The lowest BCUT2D eigenvalue weighted by Gasteiger charge is -1.78.